The Labute approximate surface area is 114 Å². The van der Waals surface area contributed by atoms with Crippen molar-refractivity contribution in [1.29, 1.82) is 0 Å². The number of carbonyl (C=O) groups excluding carboxylic acids is 1. The van der Waals surface area contributed by atoms with Gasteiger partial charge >= 0.3 is 0 Å². The molecule has 19 heavy (non-hydrogen) atoms. The summed E-state index contributed by atoms with van der Waals surface area (Å²) in [6, 6.07) is 0.584. The van der Waals surface area contributed by atoms with E-state index < -0.39 is 0 Å². The lowest BCUT2D eigenvalue weighted by atomic mass is 10.1. The third-order valence-corrected chi connectivity index (χ3v) is 3.67. The molecule has 0 spiro atoms. The van der Waals surface area contributed by atoms with Crippen molar-refractivity contribution in [1.82, 2.24) is 25.4 Å². The van der Waals surface area contributed by atoms with E-state index in [2.05, 4.69) is 39.2 Å². The molecular formula is C13H23N5O. The van der Waals surface area contributed by atoms with Crippen molar-refractivity contribution in [2.45, 2.75) is 39.7 Å². The van der Waals surface area contributed by atoms with E-state index in [1.54, 1.807) is 0 Å². The van der Waals surface area contributed by atoms with Gasteiger partial charge in [-0.25, -0.2) is 4.98 Å². The molecule has 1 unspecified atom stereocenters. The van der Waals surface area contributed by atoms with E-state index >= 15 is 0 Å². The number of nitrogens with one attached hydrogen (secondary N) is 2. The Morgan fingerprint density at radius 3 is 2.95 bits per heavy atom. The van der Waals surface area contributed by atoms with E-state index in [9.17, 15) is 4.79 Å². The topological polar surface area (TPSA) is 73.9 Å². The van der Waals surface area contributed by atoms with Crippen LogP contribution in [0.25, 0.3) is 0 Å². The third-order valence-electron chi connectivity index (χ3n) is 3.67. The van der Waals surface area contributed by atoms with E-state index in [-0.39, 0.29) is 11.7 Å². The van der Waals surface area contributed by atoms with Gasteiger partial charge in [0, 0.05) is 25.6 Å². The van der Waals surface area contributed by atoms with Crippen molar-refractivity contribution in [3.8, 4) is 0 Å². The monoisotopic (exact) mass is 265 g/mol. The molecule has 0 bridgehead atoms. The van der Waals surface area contributed by atoms with Gasteiger partial charge in [0.1, 0.15) is 5.82 Å². The standard InChI is InChI=1S/C13H23N5O/c1-4-11-15-12(17-16-11)13(19)14-7-10-5-6-18(8-10)9(2)3/h9-10H,4-8H2,1-3H3,(H,14,19)(H,15,16,17). The molecule has 2 heterocycles. The fourth-order valence-electron chi connectivity index (χ4n) is 2.37. The van der Waals surface area contributed by atoms with Crippen LogP contribution >= 0.6 is 0 Å². The minimum atomic E-state index is -0.182. The molecule has 1 saturated heterocycles. The molecule has 1 aliphatic heterocycles. The lowest BCUT2D eigenvalue weighted by Gasteiger charge is -2.20. The third kappa shape index (κ3) is 3.53. The van der Waals surface area contributed by atoms with E-state index in [0.29, 0.717) is 18.5 Å². The summed E-state index contributed by atoms with van der Waals surface area (Å²) in [5, 5.41) is 9.60. The Balaban J connectivity index is 1.78. The zero-order valence-electron chi connectivity index (χ0n) is 11.9. The molecule has 0 saturated carbocycles. The summed E-state index contributed by atoms with van der Waals surface area (Å²) < 4.78 is 0. The summed E-state index contributed by atoms with van der Waals surface area (Å²) in [5.74, 6) is 1.35. The van der Waals surface area contributed by atoms with Gasteiger partial charge in [0.2, 0.25) is 5.82 Å². The largest absolute Gasteiger partial charge is 0.349 e. The second-order valence-corrected chi connectivity index (χ2v) is 5.41. The molecule has 1 aromatic rings. The highest BCUT2D eigenvalue weighted by molar-refractivity contribution is 5.90. The lowest BCUT2D eigenvalue weighted by molar-refractivity contribution is 0.0937. The van der Waals surface area contributed by atoms with Crippen LogP contribution in [0.3, 0.4) is 0 Å². The number of rotatable bonds is 5. The number of aromatic amines is 1. The Bertz CT molecular complexity index is 428. The Kier molecular flexibility index (Phi) is 4.52. The number of likely N-dealkylation sites (tertiary alicyclic amines) is 1. The molecule has 0 radical (unpaired) electrons. The van der Waals surface area contributed by atoms with Crippen LogP contribution < -0.4 is 5.32 Å². The van der Waals surface area contributed by atoms with Crippen LogP contribution in [0.2, 0.25) is 0 Å². The fraction of sp³-hybridized carbons (Fsp3) is 0.769. The SMILES string of the molecule is CCc1nc(C(=O)NCC2CCN(C(C)C)C2)n[nH]1. The lowest BCUT2D eigenvalue weighted by Crippen LogP contribution is -2.33. The molecule has 6 nitrogen and oxygen atoms in total. The van der Waals surface area contributed by atoms with Crippen molar-refractivity contribution < 1.29 is 4.79 Å². The fourth-order valence-corrected chi connectivity index (χ4v) is 2.37. The molecule has 2 N–H and O–H groups in total. The average Bonchev–Trinajstić information content (AvgIpc) is 3.04. The number of hydrogen-bond donors (Lipinski definition) is 2. The number of amides is 1. The van der Waals surface area contributed by atoms with Crippen LogP contribution in [0.4, 0.5) is 0 Å². The second kappa shape index (κ2) is 6.14. The highest BCUT2D eigenvalue weighted by atomic mass is 16.2. The smallest absolute Gasteiger partial charge is 0.290 e. The van der Waals surface area contributed by atoms with E-state index in [4.69, 9.17) is 0 Å². The number of aromatic nitrogens is 3. The number of hydrogen-bond acceptors (Lipinski definition) is 4. The first kappa shape index (κ1) is 14.0. The molecule has 1 aromatic heterocycles. The summed E-state index contributed by atoms with van der Waals surface area (Å²) in [7, 11) is 0. The summed E-state index contributed by atoms with van der Waals surface area (Å²) >= 11 is 0. The Morgan fingerprint density at radius 1 is 1.58 bits per heavy atom. The van der Waals surface area contributed by atoms with Crippen LogP contribution in [0.5, 0.6) is 0 Å². The van der Waals surface area contributed by atoms with E-state index in [1.165, 1.54) is 0 Å². The van der Waals surface area contributed by atoms with Crippen molar-refractivity contribution in [3.05, 3.63) is 11.6 Å². The predicted octanol–water partition coefficient (Wildman–Crippen LogP) is 0.827. The van der Waals surface area contributed by atoms with Crippen molar-refractivity contribution >= 4 is 5.91 Å². The van der Waals surface area contributed by atoms with Gasteiger partial charge in [0.15, 0.2) is 0 Å². The van der Waals surface area contributed by atoms with E-state index in [1.807, 2.05) is 6.92 Å². The summed E-state index contributed by atoms with van der Waals surface area (Å²) in [4.78, 5) is 18.4. The molecule has 106 valence electrons. The number of carbonyl (C=O) groups is 1. The quantitative estimate of drug-likeness (QED) is 0.827. The van der Waals surface area contributed by atoms with Crippen LogP contribution in [-0.4, -0.2) is 51.7 Å². The normalized spacial score (nSPS) is 20.1. The summed E-state index contributed by atoms with van der Waals surface area (Å²) in [5.41, 5.74) is 0. The summed E-state index contributed by atoms with van der Waals surface area (Å²) in [6.07, 6.45) is 1.90. The molecule has 1 amide bonds. The first-order chi connectivity index (χ1) is 9.10. The van der Waals surface area contributed by atoms with Crippen molar-refractivity contribution in [3.63, 3.8) is 0 Å². The maximum Gasteiger partial charge on any atom is 0.290 e. The van der Waals surface area contributed by atoms with Gasteiger partial charge in [-0.3, -0.25) is 9.89 Å². The molecule has 0 aliphatic carbocycles. The number of H-pyrrole nitrogens is 1. The predicted molar refractivity (Wildman–Crippen MR) is 72.9 cm³/mol. The van der Waals surface area contributed by atoms with Gasteiger partial charge in [-0.1, -0.05) is 6.92 Å². The summed E-state index contributed by atoms with van der Waals surface area (Å²) in [6.45, 7) is 9.28. The van der Waals surface area contributed by atoms with Crippen molar-refractivity contribution in [2.75, 3.05) is 19.6 Å². The first-order valence-electron chi connectivity index (χ1n) is 7.03. The zero-order chi connectivity index (χ0) is 13.8. The van der Waals surface area contributed by atoms with Gasteiger partial charge in [0.25, 0.3) is 5.91 Å². The number of nitrogens with zero attached hydrogens (tertiary/aromatic N) is 3. The average molecular weight is 265 g/mol. The van der Waals surface area contributed by atoms with E-state index in [0.717, 1.165) is 31.8 Å². The van der Waals surface area contributed by atoms with Gasteiger partial charge in [-0.2, -0.15) is 0 Å². The minimum absolute atomic E-state index is 0.182. The molecule has 2 rings (SSSR count). The highest BCUT2D eigenvalue weighted by Crippen LogP contribution is 2.17. The zero-order valence-corrected chi connectivity index (χ0v) is 11.9. The molecular weight excluding hydrogens is 242 g/mol. The molecule has 1 fully saturated rings. The van der Waals surface area contributed by atoms with Crippen molar-refractivity contribution in [2.24, 2.45) is 5.92 Å². The van der Waals surface area contributed by atoms with Gasteiger partial charge in [0.05, 0.1) is 0 Å². The minimum Gasteiger partial charge on any atom is -0.349 e. The number of aryl methyl sites for hydroxylation is 1. The Morgan fingerprint density at radius 2 is 2.37 bits per heavy atom. The van der Waals surface area contributed by atoms with Crippen LogP contribution in [0, 0.1) is 5.92 Å². The molecule has 1 aliphatic rings. The van der Waals surface area contributed by atoms with Crippen LogP contribution in [-0.2, 0) is 6.42 Å². The highest BCUT2D eigenvalue weighted by Gasteiger charge is 2.24. The van der Waals surface area contributed by atoms with Gasteiger partial charge in [-0.05, 0) is 32.7 Å². The van der Waals surface area contributed by atoms with Gasteiger partial charge < -0.3 is 10.2 Å². The molecule has 1 atom stereocenters. The van der Waals surface area contributed by atoms with Crippen LogP contribution in [0.1, 0.15) is 43.6 Å². The maximum absolute atomic E-state index is 11.9. The molecule has 0 aromatic carbocycles. The van der Waals surface area contributed by atoms with Gasteiger partial charge in [-0.15, -0.1) is 5.10 Å². The second-order valence-electron chi connectivity index (χ2n) is 5.41. The molecule has 6 heteroatoms. The first-order valence-corrected chi connectivity index (χ1v) is 7.03. The van der Waals surface area contributed by atoms with Crippen LogP contribution in [0.15, 0.2) is 0 Å². The Hall–Kier alpha value is -1.43. The maximum atomic E-state index is 11.9.